The number of nitrogens with zero attached hydrogens (tertiary/aromatic N) is 4. The minimum atomic E-state index is -0.886. The van der Waals surface area contributed by atoms with Gasteiger partial charge in [0, 0.05) is 78.2 Å². The fraction of sp³-hybridized carbons (Fsp3) is 0. The summed E-state index contributed by atoms with van der Waals surface area (Å²) in [7, 11) is 0. The summed E-state index contributed by atoms with van der Waals surface area (Å²) in [5, 5.41) is -0.189. The Bertz CT molecular complexity index is 1760. The van der Waals surface area contributed by atoms with Gasteiger partial charge in [0.25, 0.3) is 0 Å². The third kappa shape index (κ3) is 6.40. The van der Waals surface area contributed by atoms with Gasteiger partial charge in [-0.25, -0.2) is 19.2 Å². The van der Waals surface area contributed by atoms with Crippen LogP contribution in [0.2, 0.25) is 0 Å². The van der Waals surface area contributed by atoms with Crippen LogP contribution in [0.3, 0.4) is 0 Å². The van der Waals surface area contributed by atoms with Gasteiger partial charge >= 0.3 is 23.9 Å². The largest absolute Gasteiger partial charge is 0.411 e. The number of carbonyl (C=O) groups excluding carboxylic acids is 4. The Labute approximate surface area is 260 Å². The second kappa shape index (κ2) is 13.2. The predicted molar refractivity (Wildman–Crippen MR) is 154 cm³/mol. The van der Waals surface area contributed by atoms with E-state index in [1.807, 2.05) is 0 Å². The second-order valence-corrected chi connectivity index (χ2v) is 9.53. The summed E-state index contributed by atoms with van der Waals surface area (Å²) >= 11 is 0. The average Bonchev–Trinajstić information content (AvgIpc) is 3.09. The second-order valence-electron chi connectivity index (χ2n) is 9.53. The SMILES string of the molecule is O=C(O[n+]1ccccc1)c1ccc(C(=O)O[n+]2ccccc2)c2c(C(=O)O[n+]3ccccc3)ccc(C(=O)O[n+]3ccccc3)c12. The maximum Gasteiger partial charge on any atom is 0.411 e. The summed E-state index contributed by atoms with van der Waals surface area (Å²) in [5.74, 6) is -3.54. The van der Waals surface area contributed by atoms with E-state index in [4.69, 9.17) is 19.4 Å². The maximum absolute atomic E-state index is 13.7. The Balaban J connectivity index is 1.56. The zero-order valence-electron chi connectivity index (χ0n) is 23.9. The summed E-state index contributed by atoms with van der Waals surface area (Å²) in [5.41, 5.74) is -0.547. The predicted octanol–water partition coefficient (Wildman–Crippen LogP) is 1.07. The third-order valence-electron chi connectivity index (χ3n) is 6.55. The molecule has 6 aromatic rings. The van der Waals surface area contributed by atoms with Crippen LogP contribution in [0, 0.1) is 0 Å². The summed E-state index contributed by atoms with van der Waals surface area (Å²) < 4.78 is 4.68. The average molecular weight is 617 g/mol. The zero-order chi connectivity index (χ0) is 31.9. The van der Waals surface area contributed by atoms with Crippen LogP contribution in [-0.4, -0.2) is 23.9 Å². The van der Waals surface area contributed by atoms with Gasteiger partial charge in [-0.2, -0.15) is 19.4 Å². The van der Waals surface area contributed by atoms with Gasteiger partial charge in [-0.15, -0.1) is 0 Å². The third-order valence-corrected chi connectivity index (χ3v) is 6.55. The van der Waals surface area contributed by atoms with E-state index in [9.17, 15) is 19.2 Å². The van der Waals surface area contributed by atoms with E-state index in [1.165, 1.54) is 92.8 Å². The molecule has 12 heteroatoms. The summed E-state index contributed by atoms with van der Waals surface area (Å²) in [6.45, 7) is 0. The molecule has 0 saturated heterocycles. The Kier molecular flexibility index (Phi) is 8.41. The van der Waals surface area contributed by atoms with Crippen molar-refractivity contribution in [3.05, 3.63) is 169 Å². The van der Waals surface area contributed by atoms with E-state index in [1.54, 1.807) is 72.8 Å². The van der Waals surface area contributed by atoms with Gasteiger partial charge in [0.2, 0.25) is 49.6 Å². The van der Waals surface area contributed by atoms with E-state index >= 15 is 0 Å². The number of hydrogen-bond acceptors (Lipinski definition) is 8. The lowest BCUT2D eigenvalue weighted by molar-refractivity contribution is -0.868. The van der Waals surface area contributed by atoms with Gasteiger partial charge in [-0.3, -0.25) is 0 Å². The molecule has 0 aliphatic carbocycles. The van der Waals surface area contributed by atoms with E-state index in [2.05, 4.69) is 0 Å². The van der Waals surface area contributed by atoms with E-state index in [0.29, 0.717) is 0 Å². The number of hydrogen-bond donors (Lipinski definition) is 0. The highest BCUT2D eigenvalue weighted by atomic mass is 16.7. The first-order valence-corrected chi connectivity index (χ1v) is 13.8. The van der Waals surface area contributed by atoms with Crippen LogP contribution in [-0.2, 0) is 0 Å². The van der Waals surface area contributed by atoms with Crippen molar-refractivity contribution in [1.29, 1.82) is 0 Å². The van der Waals surface area contributed by atoms with Crippen LogP contribution in [0.4, 0.5) is 0 Å². The quantitative estimate of drug-likeness (QED) is 0.233. The van der Waals surface area contributed by atoms with Gasteiger partial charge in [0.15, 0.2) is 0 Å². The Morgan fingerprint density at radius 3 is 0.717 bits per heavy atom. The fourth-order valence-electron chi connectivity index (χ4n) is 4.53. The van der Waals surface area contributed by atoms with Crippen molar-refractivity contribution in [2.75, 3.05) is 0 Å². The Morgan fingerprint density at radius 1 is 0.326 bits per heavy atom. The minimum absolute atomic E-state index is 0.0944. The van der Waals surface area contributed by atoms with Crippen LogP contribution < -0.4 is 38.3 Å². The molecule has 0 N–H and O–H groups in total. The lowest BCUT2D eigenvalue weighted by Gasteiger charge is -2.13. The van der Waals surface area contributed by atoms with Gasteiger partial charge in [0.05, 0.1) is 22.3 Å². The molecule has 0 atom stereocenters. The summed E-state index contributed by atoms with van der Waals surface area (Å²) in [4.78, 5) is 76.8. The number of rotatable bonds is 8. The summed E-state index contributed by atoms with van der Waals surface area (Å²) in [6, 6.07) is 25.4. The van der Waals surface area contributed by atoms with Gasteiger partial charge in [0.1, 0.15) is 0 Å². The molecule has 46 heavy (non-hydrogen) atoms. The lowest BCUT2D eigenvalue weighted by atomic mass is 9.91. The molecule has 0 spiro atoms. The molecular formula is C34H24N4O8+4. The minimum Gasteiger partial charge on any atom is -0.239 e. The van der Waals surface area contributed by atoms with Gasteiger partial charge in [-0.1, -0.05) is 24.3 Å². The van der Waals surface area contributed by atoms with Crippen LogP contribution in [0.1, 0.15) is 41.4 Å². The van der Waals surface area contributed by atoms with Crippen molar-refractivity contribution in [1.82, 2.24) is 0 Å². The molecule has 4 heterocycles. The van der Waals surface area contributed by atoms with Crippen LogP contribution in [0.15, 0.2) is 147 Å². The van der Waals surface area contributed by atoms with Crippen molar-refractivity contribution >= 4 is 34.6 Å². The molecule has 0 amide bonds. The molecule has 0 bridgehead atoms. The highest BCUT2D eigenvalue weighted by molar-refractivity contribution is 6.22. The lowest BCUT2D eigenvalue weighted by Crippen LogP contribution is -2.46. The number of carbonyl (C=O) groups is 4. The number of fused-ring (bicyclic) bond motifs is 1. The first kappa shape index (κ1) is 29.3. The van der Waals surface area contributed by atoms with Crippen LogP contribution >= 0.6 is 0 Å². The molecule has 4 aromatic heterocycles. The molecule has 0 aliphatic heterocycles. The highest BCUT2D eigenvalue weighted by Gasteiger charge is 2.32. The number of pyridine rings is 4. The number of aromatic nitrogens is 4. The molecule has 2 aromatic carbocycles. The molecule has 0 saturated carbocycles. The van der Waals surface area contributed by atoms with E-state index < -0.39 is 23.9 Å². The first-order valence-electron chi connectivity index (χ1n) is 13.8. The Morgan fingerprint density at radius 2 is 0.522 bits per heavy atom. The molecular weight excluding hydrogens is 592 g/mol. The molecule has 0 aliphatic rings. The normalized spacial score (nSPS) is 10.5. The van der Waals surface area contributed by atoms with Crippen molar-refractivity contribution in [3.8, 4) is 0 Å². The summed E-state index contributed by atoms with van der Waals surface area (Å²) in [6.07, 6.45) is 12.0. The molecule has 6 rings (SSSR count). The molecule has 0 unspecified atom stereocenters. The maximum atomic E-state index is 13.7. The van der Waals surface area contributed by atoms with Gasteiger partial charge < -0.3 is 0 Å². The highest BCUT2D eigenvalue weighted by Crippen LogP contribution is 2.31. The van der Waals surface area contributed by atoms with Crippen molar-refractivity contribution in [2.24, 2.45) is 0 Å². The van der Waals surface area contributed by atoms with Crippen molar-refractivity contribution in [3.63, 3.8) is 0 Å². The molecule has 0 radical (unpaired) electrons. The molecule has 12 nitrogen and oxygen atoms in total. The van der Waals surface area contributed by atoms with Crippen molar-refractivity contribution in [2.45, 2.75) is 0 Å². The topological polar surface area (TPSA) is 121 Å². The van der Waals surface area contributed by atoms with Crippen LogP contribution in [0.5, 0.6) is 0 Å². The van der Waals surface area contributed by atoms with Crippen LogP contribution in [0.25, 0.3) is 10.8 Å². The van der Waals surface area contributed by atoms with Crippen molar-refractivity contribution < 1.29 is 57.5 Å². The molecule has 0 fully saturated rings. The Hall–Kier alpha value is -6.82. The molecule has 224 valence electrons. The first-order chi connectivity index (χ1) is 22.5. The fourth-order valence-corrected chi connectivity index (χ4v) is 4.53. The van der Waals surface area contributed by atoms with Gasteiger partial charge in [-0.05, 0) is 24.3 Å². The van der Waals surface area contributed by atoms with E-state index in [-0.39, 0.29) is 33.0 Å². The zero-order valence-corrected chi connectivity index (χ0v) is 23.9. The monoisotopic (exact) mass is 616 g/mol. The number of benzene rings is 2. The standard InChI is InChI=1S/C34H24N4O8/c39-31(43-35-17-5-1-6-18-35)25-13-14-27(33(41)45-37-21-9-3-10-22-37)30-28(34(42)46-38-23-11-4-12-24-38)16-15-26(29(25)30)32(40)44-36-19-7-2-8-20-36/h1-24H/q+4. The smallest absolute Gasteiger partial charge is 0.239 e. The van der Waals surface area contributed by atoms with E-state index in [0.717, 1.165) is 0 Å².